The Morgan fingerprint density at radius 2 is 1.38 bits per heavy atom. The molecule has 2 aliphatic rings. The van der Waals surface area contributed by atoms with Gasteiger partial charge in [-0.1, -0.05) is 24.3 Å². The molecule has 1 N–H and O–H groups in total. The predicted octanol–water partition coefficient (Wildman–Crippen LogP) is 6.26. The van der Waals surface area contributed by atoms with E-state index in [-0.39, 0.29) is 18.1 Å². The largest absolute Gasteiger partial charge is 0.444 e. The average molecular weight is 534 g/mol. The molecular weight excluding hydrogens is 494 g/mol. The van der Waals surface area contributed by atoms with Gasteiger partial charge in [-0.05, 0) is 101 Å². The summed E-state index contributed by atoms with van der Waals surface area (Å²) in [7, 11) is 0. The number of anilines is 1. The monoisotopic (exact) mass is 533 g/mol. The first kappa shape index (κ1) is 28.2. The van der Waals surface area contributed by atoms with Crippen molar-refractivity contribution in [3.8, 4) is 0 Å². The molecule has 0 atom stereocenters. The minimum Gasteiger partial charge on any atom is -0.444 e. The van der Waals surface area contributed by atoms with Gasteiger partial charge in [-0.3, -0.25) is 4.79 Å². The van der Waals surface area contributed by atoms with Crippen LogP contribution >= 0.6 is 0 Å². The maximum Gasteiger partial charge on any atom is 0.410 e. The fourth-order valence-corrected chi connectivity index (χ4v) is 4.58. The number of hydrogen-bond acceptors (Lipinski definition) is 5. The molecule has 0 bridgehead atoms. The molecule has 0 saturated carbocycles. The smallest absolute Gasteiger partial charge is 0.410 e. The van der Waals surface area contributed by atoms with Gasteiger partial charge in [0.2, 0.25) is 0 Å². The van der Waals surface area contributed by atoms with Gasteiger partial charge in [-0.15, -0.1) is 0 Å². The third-order valence-electron chi connectivity index (χ3n) is 6.51. The van der Waals surface area contributed by atoms with Crippen LogP contribution in [0.3, 0.4) is 0 Å². The third-order valence-corrected chi connectivity index (χ3v) is 6.51. The lowest BCUT2D eigenvalue weighted by molar-refractivity contribution is 0.0221. The quantitative estimate of drug-likeness (QED) is 0.503. The summed E-state index contributed by atoms with van der Waals surface area (Å²) in [5.41, 5.74) is 4.53. The van der Waals surface area contributed by atoms with E-state index in [1.54, 1.807) is 9.80 Å². The molecule has 0 aliphatic carbocycles. The second-order valence-electron chi connectivity index (χ2n) is 12.1. The van der Waals surface area contributed by atoms with Gasteiger partial charge >= 0.3 is 12.2 Å². The molecule has 208 valence electrons. The normalized spacial score (nSPS) is 15.7. The van der Waals surface area contributed by atoms with E-state index < -0.39 is 11.2 Å². The molecular formula is C31H39N3O5. The molecule has 0 unspecified atom stereocenters. The SMILES string of the molecule is CC(C)(C)OC(=O)N1CC=C(c2ccc(C(=O)Nc3ccc4c(c3)CN(C(=O)OC(C)(C)C)CC4)cc2)CC1. The molecule has 2 aromatic rings. The third kappa shape index (κ3) is 7.62. The first-order valence-electron chi connectivity index (χ1n) is 13.5. The number of fused-ring (bicyclic) bond motifs is 1. The number of benzene rings is 2. The van der Waals surface area contributed by atoms with Gasteiger partial charge in [0.05, 0.1) is 0 Å². The highest BCUT2D eigenvalue weighted by molar-refractivity contribution is 6.04. The summed E-state index contributed by atoms with van der Waals surface area (Å²) in [5, 5.41) is 2.98. The van der Waals surface area contributed by atoms with Crippen molar-refractivity contribution in [1.29, 1.82) is 0 Å². The van der Waals surface area contributed by atoms with Crippen LogP contribution in [0.1, 0.15) is 75.0 Å². The van der Waals surface area contributed by atoms with E-state index in [0.717, 1.165) is 29.5 Å². The van der Waals surface area contributed by atoms with Crippen LogP contribution in [0.25, 0.3) is 5.57 Å². The fourth-order valence-electron chi connectivity index (χ4n) is 4.58. The molecule has 3 amide bonds. The van der Waals surface area contributed by atoms with E-state index >= 15 is 0 Å². The first-order chi connectivity index (χ1) is 18.3. The number of hydrogen-bond donors (Lipinski definition) is 1. The van der Waals surface area contributed by atoms with Crippen LogP contribution < -0.4 is 5.32 Å². The molecule has 0 aromatic heterocycles. The molecule has 0 spiro atoms. The van der Waals surface area contributed by atoms with Gasteiger partial charge in [0.1, 0.15) is 11.2 Å². The molecule has 39 heavy (non-hydrogen) atoms. The van der Waals surface area contributed by atoms with Crippen molar-refractivity contribution >= 4 is 29.4 Å². The zero-order chi connectivity index (χ0) is 28.4. The number of carbonyl (C=O) groups excluding carboxylic acids is 3. The van der Waals surface area contributed by atoms with Crippen molar-refractivity contribution < 1.29 is 23.9 Å². The molecule has 0 saturated heterocycles. The molecule has 2 heterocycles. The summed E-state index contributed by atoms with van der Waals surface area (Å²) in [4.78, 5) is 41.2. The Balaban J connectivity index is 1.36. The van der Waals surface area contributed by atoms with Crippen LogP contribution in [0.15, 0.2) is 48.5 Å². The van der Waals surface area contributed by atoms with Crippen LogP contribution in [0.4, 0.5) is 15.3 Å². The summed E-state index contributed by atoms with van der Waals surface area (Å²) in [6, 6.07) is 13.4. The summed E-state index contributed by atoms with van der Waals surface area (Å²) >= 11 is 0. The summed E-state index contributed by atoms with van der Waals surface area (Å²) in [6.45, 7) is 13.3. The van der Waals surface area contributed by atoms with E-state index in [0.29, 0.717) is 37.4 Å². The van der Waals surface area contributed by atoms with Crippen LogP contribution in [-0.4, -0.2) is 58.7 Å². The summed E-state index contributed by atoms with van der Waals surface area (Å²) in [5.74, 6) is -0.199. The van der Waals surface area contributed by atoms with Crippen molar-refractivity contribution in [1.82, 2.24) is 9.80 Å². The van der Waals surface area contributed by atoms with E-state index in [4.69, 9.17) is 9.47 Å². The van der Waals surface area contributed by atoms with Crippen LogP contribution in [0, 0.1) is 0 Å². The summed E-state index contributed by atoms with van der Waals surface area (Å²) < 4.78 is 11.0. The standard InChI is InChI=1S/C31H39N3O5/c1-30(2,3)38-28(36)33-16-13-23(14-17-33)21-7-9-24(10-8-21)27(35)32-26-12-11-22-15-18-34(20-25(22)19-26)29(37)39-31(4,5)6/h7-13,19H,14-18,20H2,1-6H3,(H,32,35). The highest BCUT2D eigenvalue weighted by Gasteiger charge is 2.26. The van der Waals surface area contributed by atoms with Crippen LogP contribution in [0.5, 0.6) is 0 Å². The lowest BCUT2D eigenvalue weighted by atomic mass is 9.98. The number of amides is 3. The minimum absolute atomic E-state index is 0.199. The number of nitrogens with zero attached hydrogens (tertiary/aromatic N) is 2. The molecule has 0 fully saturated rings. The van der Waals surface area contributed by atoms with Crippen molar-refractivity contribution in [2.45, 2.75) is 72.1 Å². The lowest BCUT2D eigenvalue weighted by Gasteiger charge is -2.31. The van der Waals surface area contributed by atoms with Crippen molar-refractivity contribution in [2.24, 2.45) is 0 Å². The lowest BCUT2D eigenvalue weighted by Crippen LogP contribution is -2.39. The van der Waals surface area contributed by atoms with Crippen LogP contribution in [0.2, 0.25) is 0 Å². The Morgan fingerprint density at radius 1 is 0.769 bits per heavy atom. The zero-order valence-electron chi connectivity index (χ0n) is 23.8. The number of rotatable bonds is 3. The second-order valence-corrected chi connectivity index (χ2v) is 12.1. The van der Waals surface area contributed by atoms with Crippen molar-refractivity contribution in [3.05, 3.63) is 70.8 Å². The first-order valence-corrected chi connectivity index (χ1v) is 13.5. The van der Waals surface area contributed by atoms with Gasteiger partial charge in [0.15, 0.2) is 0 Å². The molecule has 4 rings (SSSR count). The Labute approximate surface area is 231 Å². The Morgan fingerprint density at radius 3 is 1.97 bits per heavy atom. The van der Waals surface area contributed by atoms with Crippen LogP contribution in [-0.2, 0) is 22.4 Å². The van der Waals surface area contributed by atoms with E-state index in [1.807, 2.05) is 90.1 Å². The van der Waals surface area contributed by atoms with Gasteiger partial charge < -0.3 is 24.6 Å². The predicted molar refractivity (Wildman–Crippen MR) is 152 cm³/mol. The minimum atomic E-state index is -0.545. The number of carbonyl (C=O) groups is 3. The Kier molecular flexibility index (Phi) is 8.04. The van der Waals surface area contributed by atoms with Gasteiger partial charge in [0.25, 0.3) is 5.91 Å². The highest BCUT2D eigenvalue weighted by atomic mass is 16.6. The molecule has 8 heteroatoms. The topological polar surface area (TPSA) is 88.2 Å². The number of ether oxygens (including phenoxy) is 2. The van der Waals surface area contributed by atoms with E-state index in [9.17, 15) is 14.4 Å². The molecule has 0 radical (unpaired) electrons. The van der Waals surface area contributed by atoms with Gasteiger partial charge in [-0.25, -0.2) is 9.59 Å². The molecule has 2 aromatic carbocycles. The van der Waals surface area contributed by atoms with Gasteiger partial charge in [0, 0.05) is 37.4 Å². The van der Waals surface area contributed by atoms with Gasteiger partial charge in [-0.2, -0.15) is 0 Å². The molecule has 8 nitrogen and oxygen atoms in total. The van der Waals surface area contributed by atoms with Crippen molar-refractivity contribution in [3.63, 3.8) is 0 Å². The highest BCUT2D eigenvalue weighted by Crippen LogP contribution is 2.26. The maximum absolute atomic E-state index is 13.0. The fraction of sp³-hybridized carbons (Fsp3) is 0.452. The average Bonchev–Trinajstić information content (AvgIpc) is 2.86. The number of nitrogens with one attached hydrogen (secondary N) is 1. The van der Waals surface area contributed by atoms with Crippen molar-refractivity contribution in [2.75, 3.05) is 25.0 Å². The summed E-state index contributed by atoms with van der Waals surface area (Å²) in [6.07, 6.45) is 2.88. The maximum atomic E-state index is 13.0. The molecule has 2 aliphatic heterocycles. The Bertz CT molecular complexity index is 1270. The van der Waals surface area contributed by atoms with E-state index in [1.165, 1.54) is 5.56 Å². The zero-order valence-corrected chi connectivity index (χ0v) is 23.8. The Hall–Kier alpha value is -3.81. The second kappa shape index (κ2) is 11.1. The van der Waals surface area contributed by atoms with E-state index in [2.05, 4.69) is 5.32 Å².